The average molecular weight is 353 g/mol. The third-order valence-electron chi connectivity index (χ3n) is 4.57. The molecule has 1 aliphatic rings. The zero-order valence-electron chi connectivity index (χ0n) is 13.9. The van der Waals surface area contributed by atoms with Crippen molar-refractivity contribution >= 4 is 45.0 Å². The van der Waals surface area contributed by atoms with E-state index in [-0.39, 0.29) is 0 Å². The summed E-state index contributed by atoms with van der Waals surface area (Å²) in [5.74, 6) is 1.40. The van der Waals surface area contributed by atoms with Gasteiger partial charge in [-0.1, -0.05) is 0 Å². The van der Waals surface area contributed by atoms with Crippen LogP contribution in [0.3, 0.4) is 0 Å². The lowest BCUT2D eigenvalue weighted by Gasteiger charge is -2.15. The number of aromatic nitrogens is 2. The van der Waals surface area contributed by atoms with Crippen LogP contribution in [0.2, 0.25) is 0 Å². The molecular formula is C18H19N5OS. The highest BCUT2D eigenvalue weighted by molar-refractivity contribution is 7.19. The van der Waals surface area contributed by atoms with E-state index in [2.05, 4.69) is 15.3 Å². The molecule has 25 heavy (non-hydrogen) atoms. The smallest absolute Gasteiger partial charge is 0.144 e. The summed E-state index contributed by atoms with van der Waals surface area (Å²) in [7, 11) is 1.60. The van der Waals surface area contributed by atoms with E-state index in [4.69, 9.17) is 15.9 Å². The topological polar surface area (TPSA) is 96.9 Å². The van der Waals surface area contributed by atoms with E-state index in [0.717, 1.165) is 34.6 Å². The summed E-state index contributed by atoms with van der Waals surface area (Å²) in [6.45, 7) is 0. The van der Waals surface area contributed by atoms with E-state index in [0.29, 0.717) is 17.0 Å². The van der Waals surface area contributed by atoms with Gasteiger partial charge in [0.25, 0.3) is 0 Å². The maximum atomic E-state index is 7.52. The number of fused-ring (bicyclic) bond motifs is 3. The number of hydrogen-bond acceptors (Lipinski definition) is 7. The van der Waals surface area contributed by atoms with Gasteiger partial charge in [0.1, 0.15) is 22.7 Å². The third-order valence-corrected chi connectivity index (χ3v) is 5.76. The molecule has 6 nitrogen and oxygen atoms in total. The number of benzene rings is 1. The highest BCUT2D eigenvalue weighted by Gasteiger charge is 2.20. The Morgan fingerprint density at radius 2 is 2.12 bits per heavy atom. The fourth-order valence-corrected chi connectivity index (χ4v) is 4.55. The van der Waals surface area contributed by atoms with Gasteiger partial charge in [0.05, 0.1) is 18.2 Å². The van der Waals surface area contributed by atoms with Crippen LogP contribution < -0.4 is 15.8 Å². The van der Waals surface area contributed by atoms with Gasteiger partial charge < -0.3 is 21.2 Å². The van der Waals surface area contributed by atoms with Crippen LogP contribution in [0.15, 0.2) is 18.5 Å². The average Bonchev–Trinajstić information content (AvgIpc) is 3.02. The molecule has 0 unspecified atom stereocenters. The Morgan fingerprint density at radius 1 is 1.28 bits per heavy atom. The van der Waals surface area contributed by atoms with Crippen molar-refractivity contribution in [2.75, 3.05) is 18.2 Å². The number of nitrogens with one attached hydrogen (secondary N) is 2. The molecule has 0 atom stereocenters. The molecular weight excluding hydrogens is 334 g/mol. The van der Waals surface area contributed by atoms with Crippen molar-refractivity contribution in [3.8, 4) is 5.75 Å². The molecule has 1 aromatic carbocycles. The van der Waals surface area contributed by atoms with Gasteiger partial charge in [-0.25, -0.2) is 9.97 Å². The lowest BCUT2D eigenvalue weighted by atomic mass is 9.97. The molecule has 0 saturated heterocycles. The van der Waals surface area contributed by atoms with Crippen molar-refractivity contribution in [3.63, 3.8) is 0 Å². The number of thiophene rings is 1. The zero-order chi connectivity index (χ0) is 17.4. The van der Waals surface area contributed by atoms with Crippen molar-refractivity contribution in [1.82, 2.24) is 9.97 Å². The van der Waals surface area contributed by atoms with Crippen LogP contribution in [0.4, 0.5) is 17.2 Å². The fraction of sp³-hybridized carbons (Fsp3) is 0.278. The Hall–Kier alpha value is -2.67. The quantitative estimate of drug-likeness (QED) is 0.488. The lowest BCUT2D eigenvalue weighted by molar-refractivity contribution is 0.417. The Labute approximate surface area is 149 Å². The molecule has 4 rings (SSSR count). The molecule has 7 heteroatoms. The van der Waals surface area contributed by atoms with E-state index < -0.39 is 0 Å². The number of methoxy groups -OCH3 is 1. The molecule has 0 aliphatic heterocycles. The third kappa shape index (κ3) is 2.70. The second kappa shape index (κ2) is 6.33. The largest absolute Gasteiger partial charge is 0.494 e. The number of nitrogens with two attached hydrogens (primary N) is 1. The fourth-order valence-electron chi connectivity index (χ4n) is 3.32. The highest BCUT2D eigenvalue weighted by atomic mass is 32.1. The zero-order valence-corrected chi connectivity index (χ0v) is 14.7. The molecule has 4 N–H and O–H groups in total. The summed E-state index contributed by atoms with van der Waals surface area (Å²) in [6.07, 6.45) is 7.47. The second-order valence-electron chi connectivity index (χ2n) is 6.06. The Balaban J connectivity index is 1.84. The first-order valence-electron chi connectivity index (χ1n) is 8.21. The summed E-state index contributed by atoms with van der Waals surface area (Å²) in [5, 5.41) is 12.0. The van der Waals surface area contributed by atoms with Crippen LogP contribution in [0.1, 0.15) is 28.8 Å². The number of nitrogens with zero attached hydrogens (tertiary/aromatic N) is 2. The Kier molecular flexibility index (Phi) is 4.01. The summed E-state index contributed by atoms with van der Waals surface area (Å²) < 4.78 is 5.45. The van der Waals surface area contributed by atoms with Crippen molar-refractivity contribution < 1.29 is 4.74 Å². The first kappa shape index (κ1) is 15.8. The minimum Gasteiger partial charge on any atom is -0.494 e. The van der Waals surface area contributed by atoms with E-state index in [1.807, 2.05) is 6.07 Å². The van der Waals surface area contributed by atoms with Gasteiger partial charge in [0.2, 0.25) is 0 Å². The number of aryl methyl sites for hydroxylation is 2. The first-order valence-corrected chi connectivity index (χ1v) is 9.03. The van der Waals surface area contributed by atoms with Crippen LogP contribution in [-0.4, -0.2) is 23.3 Å². The maximum Gasteiger partial charge on any atom is 0.144 e. The number of hydrogen-bond donors (Lipinski definition) is 3. The van der Waals surface area contributed by atoms with Crippen molar-refractivity contribution in [1.29, 1.82) is 5.41 Å². The monoisotopic (exact) mass is 353 g/mol. The van der Waals surface area contributed by atoms with E-state index in [1.54, 1.807) is 30.8 Å². The minimum atomic E-state index is 0.512. The summed E-state index contributed by atoms with van der Waals surface area (Å²) in [4.78, 5) is 11.4. The van der Waals surface area contributed by atoms with Crippen LogP contribution in [0.25, 0.3) is 10.2 Å². The summed E-state index contributed by atoms with van der Waals surface area (Å²) in [6, 6.07) is 3.54. The molecule has 3 aromatic rings. The number of ether oxygens (including phenoxy) is 1. The van der Waals surface area contributed by atoms with Gasteiger partial charge >= 0.3 is 0 Å². The van der Waals surface area contributed by atoms with Gasteiger partial charge in [-0.15, -0.1) is 11.3 Å². The molecule has 2 aromatic heterocycles. The van der Waals surface area contributed by atoms with E-state index in [1.165, 1.54) is 29.5 Å². The van der Waals surface area contributed by atoms with Crippen molar-refractivity contribution in [2.24, 2.45) is 0 Å². The van der Waals surface area contributed by atoms with Crippen molar-refractivity contribution in [2.45, 2.75) is 25.7 Å². The van der Waals surface area contributed by atoms with Crippen LogP contribution in [0.5, 0.6) is 5.75 Å². The number of rotatable bonds is 4. The molecule has 2 heterocycles. The molecule has 0 spiro atoms. The van der Waals surface area contributed by atoms with Gasteiger partial charge in [0, 0.05) is 28.4 Å². The van der Waals surface area contributed by atoms with Crippen LogP contribution >= 0.6 is 11.3 Å². The predicted octanol–water partition coefficient (Wildman–Crippen LogP) is 3.90. The summed E-state index contributed by atoms with van der Waals surface area (Å²) >= 11 is 1.77. The molecule has 128 valence electrons. The lowest BCUT2D eigenvalue weighted by Crippen LogP contribution is -2.03. The minimum absolute atomic E-state index is 0.512. The molecule has 1 aliphatic carbocycles. The highest BCUT2D eigenvalue weighted by Crippen LogP contribution is 2.40. The summed E-state index contributed by atoms with van der Waals surface area (Å²) in [5.41, 5.74) is 9.22. The van der Waals surface area contributed by atoms with E-state index >= 15 is 0 Å². The Morgan fingerprint density at radius 3 is 2.92 bits per heavy atom. The van der Waals surface area contributed by atoms with E-state index in [9.17, 15) is 0 Å². The van der Waals surface area contributed by atoms with Gasteiger partial charge in [0.15, 0.2) is 0 Å². The van der Waals surface area contributed by atoms with Crippen LogP contribution in [0, 0.1) is 5.41 Å². The van der Waals surface area contributed by atoms with Crippen molar-refractivity contribution in [3.05, 3.63) is 34.5 Å². The molecule has 0 saturated carbocycles. The predicted molar refractivity (Wildman–Crippen MR) is 103 cm³/mol. The van der Waals surface area contributed by atoms with Gasteiger partial charge in [-0.05, 0) is 37.3 Å². The molecule has 0 amide bonds. The molecule has 0 radical (unpaired) electrons. The molecule has 0 fully saturated rings. The first-order chi connectivity index (χ1) is 12.2. The normalized spacial score (nSPS) is 13.5. The SMILES string of the molecule is COc1cc(N)c(C=N)cc1Nc1ncnc2sc3c(c12)CCCC3. The van der Waals surface area contributed by atoms with Crippen LogP contribution in [-0.2, 0) is 12.8 Å². The number of anilines is 3. The Bertz CT molecular complexity index is 966. The maximum absolute atomic E-state index is 7.52. The second-order valence-corrected chi connectivity index (χ2v) is 7.15. The van der Waals surface area contributed by atoms with Gasteiger partial charge in [-0.3, -0.25) is 0 Å². The molecule has 0 bridgehead atoms. The standard InChI is InChI=1S/C18H19N5OS/c1-24-14-7-12(20)10(8-19)6-13(14)23-17-16-11-4-2-3-5-15(11)25-18(16)22-9-21-17/h6-9,19H,2-5,20H2,1H3,(H,21,22,23). The number of nitrogen functional groups attached to an aromatic ring is 1. The van der Waals surface area contributed by atoms with Gasteiger partial charge in [-0.2, -0.15) is 0 Å².